The third kappa shape index (κ3) is 4.18. The SMILES string of the molecule is CSc1nc(C)c(CO[Si](C)(C)C(C)(C)C)c(Cl)n1. The Hall–Kier alpha value is -0.103. The van der Waals surface area contributed by atoms with Crippen molar-refractivity contribution in [1.29, 1.82) is 0 Å². The van der Waals surface area contributed by atoms with E-state index in [1.165, 1.54) is 11.8 Å². The Kier molecular flexibility index (Phi) is 5.46. The molecule has 0 radical (unpaired) electrons. The van der Waals surface area contributed by atoms with E-state index >= 15 is 0 Å². The Morgan fingerprint density at radius 2 is 1.84 bits per heavy atom. The Bertz CT molecular complexity index is 437. The van der Waals surface area contributed by atoms with Crippen molar-refractivity contribution in [3.63, 3.8) is 0 Å². The predicted molar refractivity (Wildman–Crippen MR) is 85.5 cm³/mol. The highest BCUT2D eigenvalue weighted by molar-refractivity contribution is 7.98. The molecule has 0 fully saturated rings. The molecule has 1 aromatic heterocycles. The number of hydrogen-bond donors (Lipinski definition) is 0. The summed E-state index contributed by atoms with van der Waals surface area (Å²) >= 11 is 7.72. The highest BCUT2D eigenvalue weighted by Gasteiger charge is 2.37. The number of halogens is 1. The summed E-state index contributed by atoms with van der Waals surface area (Å²) in [6.07, 6.45) is 1.94. The lowest BCUT2D eigenvalue weighted by atomic mass is 10.2. The zero-order valence-electron chi connectivity index (χ0n) is 12.8. The largest absolute Gasteiger partial charge is 0.412 e. The maximum atomic E-state index is 6.23. The molecule has 0 saturated carbocycles. The van der Waals surface area contributed by atoms with Gasteiger partial charge in [-0.05, 0) is 31.3 Å². The van der Waals surface area contributed by atoms with Crippen molar-refractivity contribution < 1.29 is 4.43 Å². The minimum atomic E-state index is -1.77. The fraction of sp³-hybridized carbons (Fsp3) is 0.692. The highest BCUT2D eigenvalue weighted by atomic mass is 35.5. The summed E-state index contributed by atoms with van der Waals surface area (Å²) in [6.45, 7) is 13.6. The first-order chi connectivity index (χ1) is 8.58. The fourth-order valence-electron chi connectivity index (χ4n) is 1.26. The molecule has 0 aliphatic heterocycles. The van der Waals surface area contributed by atoms with Gasteiger partial charge < -0.3 is 4.43 Å². The van der Waals surface area contributed by atoms with Gasteiger partial charge in [0.05, 0.1) is 6.61 Å². The van der Waals surface area contributed by atoms with E-state index in [-0.39, 0.29) is 5.04 Å². The molecule has 0 unspecified atom stereocenters. The molecule has 1 rings (SSSR count). The number of aromatic nitrogens is 2. The van der Waals surface area contributed by atoms with Gasteiger partial charge in [-0.25, -0.2) is 9.97 Å². The number of hydrogen-bond acceptors (Lipinski definition) is 4. The second-order valence-electron chi connectivity index (χ2n) is 6.11. The minimum absolute atomic E-state index is 0.188. The van der Waals surface area contributed by atoms with Crippen LogP contribution in [0.4, 0.5) is 0 Å². The summed E-state index contributed by atoms with van der Waals surface area (Å²) in [5, 5.41) is 1.40. The van der Waals surface area contributed by atoms with Gasteiger partial charge in [-0.1, -0.05) is 44.1 Å². The first kappa shape index (κ1) is 16.9. The van der Waals surface area contributed by atoms with E-state index < -0.39 is 8.32 Å². The van der Waals surface area contributed by atoms with Crippen molar-refractivity contribution >= 4 is 31.7 Å². The summed E-state index contributed by atoms with van der Waals surface area (Å²) in [7, 11) is -1.77. The maximum absolute atomic E-state index is 6.23. The molecule has 0 saturated heterocycles. The first-order valence-corrected chi connectivity index (χ1v) is 10.8. The standard InChI is InChI=1S/C13H23ClN2OSSi/c1-9-10(11(14)16-12(15-9)18-5)8-17-19(6,7)13(2,3)4/h8H2,1-7H3. The number of aryl methyl sites for hydroxylation is 1. The van der Waals surface area contributed by atoms with Crippen molar-refractivity contribution in [3.8, 4) is 0 Å². The van der Waals surface area contributed by atoms with Gasteiger partial charge in [0.2, 0.25) is 0 Å². The second-order valence-corrected chi connectivity index (χ2v) is 12.1. The lowest BCUT2D eigenvalue weighted by Crippen LogP contribution is -2.40. The Labute approximate surface area is 126 Å². The maximum Gasteiger partial charge on any atom is 0.192 e. The first-order valence-electron chi connectivity index (χ1n) is 6.29. The van der Waals surface area contributed by atoms with E-state index in [0.29, 0.717) is 16.9 Å². The second kappa shape index (κ2) is 6.12. The third-order valence-electron chi connectivity index (χ3n) is 3.71. The summed E-state index contributed by atoms with van der Waals surface area (Å²) in [6, 6.07) is 0. The average Bonchev–Trinajstić information content (AvgIpc) is 2.25. The van der Waals surface area contributed by atoms with Gasteiger partial charge in [0.15, 0.2) is 13.5 Å². The molecule has 0 aliphatic carbocycles. The molecular formula is C13H23ClN2OSSi. The Balaban J connectivity index is 2.90. The van der Waals surface area contributed by atoms with Crippen LogP contribution in [-0.4, -0.2) is 24.5 Å². The molecule has 1 heterocycles. The lowest BCUT2D eigenvalue weighted by Gasteiger charge is -2.36. The van der Waals surface area contributed by atoms with E-state index in [4.69, 9.17) is 16.0 Å². The topological polar surface area (TPSA) is 35.0 Å². The van der Waals surface area contributed by atoms with E-state index in [2.05, 4.69) is 43.8 Å². The molecule has 19 heavy (non-hydrogen) atoms. The lowest BCUT2D eigenvalue weighted by molar-refractivity contribution is 0.274. The normalized spacial score (nSPS) is 12.8. The van der Waals surface area contributed by atoms with Crippen molar-refractivity contribution in [1.82, 2.24) is 9.97 Å². The van der Waals surface area contributed by atoms with Crippen LogP contribution < -0.4 is 0 Å². The van der Waals surface area contributed by atoms with E-state index in [1.54, 1.807) is 0 Å². The average molecular weight is 319 g/mol. The molecule has 0 atom stereocenters. The summed E-state index contributed by atoms with van der Waals surface area (Å²) in [5.74, 6) is 0. The van der Waals surface area contributed by atoms with Crippen LogP contribution in [0.1, 0.15) is 32.0 Å². The molecule has 0 spiro atoms. The summed E-state index contributed by atoms with van der Waals surface area (Å²) in [4.78, 5) is 8.69. The molecule has 108 valence electrons. The van der Waals surface area contributed by atoms with Gasteiger partial charge in [0.1, 0.15) is 5.15 Å². The number of thioether (sulfide) groups is 1. The zero-order valence-corrected chi connectivity index (χ0v) is 15.4. The van der Waals surface area contributed by atoms with Gasteiger partial charge in [0, 0.05) is 11.3 Å². The molecule has 0 N–H and O–H groups in total. The van der Waals surface area contributed by atoms with Gasteiger partial charge in [0.25, 0.3) is 0 Å². The predicted octanol–water partition coefficient (Wildman–Crippen LogP) is 4.68. The van der Waals surface area contributed by atoms with Gasteiger partial charge in [-0.15, -0.1) is 0 Å². The van der Waals surface area contributed by atoms with Crippen molar-refractivity contribution in [2.75, 3.05) is 6.26 Å². The van der Waals surface area contributed by atoms with Gasteiger partial charge in [-0.3, -0.25) is 0 Å². The highest BCUT2D eigenvalue weighted by Crippen LogP contribution is 2.37. The molecule has 1 aromatic rings. The summed E-state index contributed by atoms with van der Waals surface area (Å²) < 4.78 is 6.18. The van der Waals surface area contributed by atoms with Crippen LogP contribution in [0.15, 0.2) is 5.16 Å². The van der Waals surface area contributed by atoms with Crippen LogP contribution >= 0.6 is 23.4 Å². The van der Waals surface area contributed by atoms with Crippen molar-refractivity contribution in [3.05, 3.63) is 16.4 Å². The molecule has 6 heteroatoms. The third-order valence-corrected chi connectivity index (χ3v) is 9.05. The molecule has 0 aromatic carbocycles. The van der Waals surface area contributed by atoms with Crippen LogP contribution in [-0.2, 0) is 11.0 Å². The van der Waals surface area contributed by atoms with E-state index in [1.807, 2.05) is 13.2 Å². The smallest absolute Gasteiger partial charge is 0.192 e. The minimum Gasteiger partial charge on any atom is -0.412 e. The van der Waals surface area contributed by atoms with Crippen LogP contribution in [0.25, 0.3) is 0 Å². The van der Waals surface area contributed by atoms with Crippen LogP contribution in [0.3, 0.4) is 0 Å². The zero-order chi connectivity index (χ0) is 14.8. The molecule has 0 aliphatic rings. The van der Waals surface area contributed by atoms with Crippen molar-refractivity contribution in [2.45, 2.75) is 57.6 Å². The van der Waals surface area contributed by atoms with E-state index in [0.717, 1.165) is 11.3 Å². The molecule has 0 bridgehead atoms. The monoisotopic (exact) mass is 318 g/mol. The van der Waals surface area contributed by atoms with Gasteiger partial charge >= 0.3 is 0 Å². The Morgan fingerprint density at radius 3 is 2.26 bits per heavy atom. The molecule has 3 nitrogen and oxygen atoms in total. The molecular weight excluding hydrogens is 296 g/mol. The fourth-order valence-corrected chi connectivity index (χ4v) is 2.93. The van der Waals surface area contributed by atoms with Crippen molar-refractivity contribution in [2.24, 2.45) is 0 Å². The molecule has 0 amide bonds. The number of nitrogens with zero attached hydrogens (tertiary/aromatic N) is 2. The van der Waals surface area contributed by atoms with Gasteiger partial charge in [-0.2, -0.15) is 0 Å². The van der Waals surface area contributed by atoms with Crippen LogP contribution in [0.2, 0.25) is 23.3 Å². The van der Waals surface area contributed by atoms with Crippen LogP contribution in [0.5, 0.6) is 0 Å². The van der Waals surface area contributed by atoms with E-state index in [9.17, 15) is 0 Å². The van der Waals surface area contributed by atoms with Crippen LogP contribution in [0, 0.1) is 6.92 Å². The quantitative estimate of drug-likeness (QED) is 0.349. The Morgan fingerprint density at radius 1 is 1.26 bits per heavy atom. The number of rotatable bonds is 4. The summed E-state index contributed by atoms with van der Waals surface area (Å²) in [5.41, 5.74) is 1.81.